The molecule has 1 saturated carbocycles. The van der Waals surface area contributed by atoms with Crippen LogP contribution in [0, 0.1) is 0 Å². The Balaban J connectivity index is 1.60. The number of nitrogens with one attached hydrogen (secondary N) is 2. The fourth-order valence-corrected chi connectivity index (χ4v) is 3.48. The molecule has 0 aromatic heterocycles. The quantitative estimate of drug-likeness (QED) is 0.865. The van der Waals surface area contributed by atoms with E-state index in [2.05, 4.69) is 41.8 Å². The number of carbonyl (C=O) groups excluding carboxylic acids is 1. The van der Waals surface area contributed by atoms with Crippen LogP contribution in [-0.4, -0.2) is 24.0 Å². The zero-order valence-corrected chi connectivity index (χ0v) is 12.2. The molecule has 3 unspecified atom stereocenters. The number of amides is 1. The molecule has 20 heavy (non-hydrogen) atoms. The Morgan fingerprint density at radius 1 is 1.40 bits per heavy atom. The topological polar surface area (TPSA) is 41.1 Å². The summed E-state index contributed by atoms with van der Waals surface area (Å²) in [6.07, 6.45) is 5.17. The molecule has 1 amide bonds. The molecule has 3 atom stereocenters. The fourth-order valence-electron chi connectivity index (χ4n) is 3.48. The second-order valence-corrected chi connectivity index (χ2v) is 6.20. The fraction of sp³-hybridized carbons (Fsp3) is 0.588. The summed E-state index contributed by atoms with van der Waals surface area (Å²) in [5, 5.41) is 6.72. The first kappa shape index (κ1) is 13.6. The van der Waals surface area contributed by atoms with E-state index in [-0.39, 0.29) is 11.4 Å². The van der Waals surface area contributed by atoms with Gasteiger partial charge in [-0.1, -0.05) is 43.7 Å². The molecule has 1 saturated heterocycles. The predicted octanol–water partition coefficient (Wildman–Crippen LogP) is 2.58. The molecule has 2 N–H and O–H groups in total. The number of carbonyl (C=O) groups is 1. The zero-order chi connectivity index (χ0) is 14.0. The molecule has 3 rings (SSSR count). The van der Waals surface area contributed by atoms with Gasteiger partial charge in [0.25, 0.3) is 0 Å². The Kier molecular flexibility index (Phi) is 3.79. The second-order valence-electron chi connectivity index (χ2n) is 6.20. The van der Waals surface area contributed by atoms with Gasteiger partial charge in [-0.25, -0.2) is 0 Å². The smallest absolute Gasteiger partial charge is 0.240 e. The van der Waals surface area contributed by atoms with Crippen molar-refractivity contribution in [1.82, 2.24) is 10.6 Å². The maximum Gasteiger partial charge on any atom is 0.240 e. The summed E-state index contributed by atoms with van der Waals surface area (Å²) in [5.41, 5.74) is 1.06. The maximum atomic E-state index is 12.6. The SMILES string of the molecule is CCCC1(C(=O)NC2CC2c2ccccc2)CCCN1. The van der Waals surface area contributed by atoms with Crippen LogP contribution in [0.4, 0.5) is 0 Å². The van der Waals surface area contributed by atoms with Crippen molar-refractivity contribution in [2.24, 2.45) is 0 Å². The third kappa shape index (κ3) is 2.59. The highest BCUT2D eigenvalue weighted by molar-refractivity contribution is 5.87. The minimum atomic E-state index is -0.293. The Labute approximate surface area is 121 Å². The van der Waals surface area contributed by atoms with E-state index in [1.54, 1.807) is 0 Å². The molecule has 1 heterocycles. The highest BCUT2D eigenvalue weighted by Gasteiger charge is 2.45. The summed E-state index contributed by atoms with van der Waals surface area (Å²) < 4.78 is 0. The van der Waals surface area contributed by atoms with Gasteiger partial charge >= 0.3 is 0 Å². The number of benzene rings is 1. The van der Waals surface area contributed by atoms with Gasteiger partial charge in [0, 0.05) is 12.0 Å². The summed E-state index contributed by atoms with van der Waals surface area (Å²) in [7, 11) is 0. The van der Waals surface area contributed by atoms with Crippen molar-refractivity contribution in [3.63, 3.8) is 0 Å². The van der Waals surface area contributed by atoms with Crippen molar-refractivity contribution in [2.45, 2.75) is 56.5 Å². The number of rotatable bonds is 5. The molecule has 1 aliphatic heterocycles. The summed E-state index contributed by atoms with van der Waals surface area (Å²) in [6, 6.07) is 10.8. The van der Waals surface area contributed by atoms with Crippen molar-refractivity contribution in [2.75, 3.05) is 6.54 Å². The van der Waals surface area contributed by atoms with Gasteiger partial charge in [0.1, 0.15) is 0 Å². The lowest BCUT2D eigenvalue weighted by Crippen LogP contribution is -2.54. The van der Waals surface area contributed by atoms with Crippen LogP contribution in [-0.2, 0) is 4.79 Å². The average molecular weight is 272 g/mol. The Hall–Kier alpha value is -1.35. The molecule has 1 aliphatic carbocycles. The van der Waals surface area contributed by atoms with Gasteiger partial charge in [0.2, 0.25) is 5.91 Å². The van der Waals surface area contributed by atoms with Crippen molar-refractivity contribution in [3.8, 4) is 0 Å². The Morgan fingerprint density at radius 3 is 2.85 bits per heavy atom. The Bertz CT molecular complexity index is 465. The van der Waals surface area contributed by atoms with Crippen molar-refractivity contribution in [1.29, 1.82) is 0 Å². The maximum absolute atomic E-state index is 12.6. The molecule has 2 aliphatic rings. The molecule has 3 nitrogen and oxygen atoms in total. The number of hydrogen-bond donors (Lipinski definition) is 2. The summed E-state index contributed by atoms with van der Waals surface area (Å²) >= 11 is 0. The van der Waals surface area contributed by atoms with Crippen LogP contribution < -0.4 is 10.6 Å². The van der Waals surface area contributed by atoms with Gasteiger partial charge in [-0.2, -0.15) is 0 Å². The van der Waals surface area contributed by atoms with Gasteiger partial charge in [0.15, 0.2) is 0 Å². The minimum Gasteiger partial charge on any atom is -0.351 e. The highest BCUT2D eigenvalue weighted by atomic mass is 16.2. The zero-order valence-electron chi connectivity index (χ0n) is 12.2. The molecule has 3 heteroatoms. The van der Waals surface area contributed by atoms with E-state index in [0.29, 0.717) is 12.0 Å². The van der Waals surface area contributed by atoms with E-state index < -0.39 is 0 Å². The van der Waals surface area contributed by atoms with Gasteiger partial charge in [-0.15, -0.1) is 0 Å². The van der Waals surface area contributed by atoms with Crippen molar-refractivity contribution in [3.05, 3.63) is 35.9 Å². The van der Waals surface area contributed by atoms with E-state index in [9.17, 15) is 4.79 Å². The summed E-state index contributed by atoms with van der Waals surface area (Å²) in [4.78, 5) is 12.6. The first-order chi connectivity index (χ1) is 9.75. The van der Waals surface area contributed by atoms with Crippen LogP contribution in [0.3, 0.4) is 0 Å². The lowest BCUT2D eigenvalue weighted by molar-refractivity contribution is -0.127. The largest absolute Gasteiger partial charge is 0.351 e. The van der Waals surface area contributed by atoms with Crippen LogP contribution in [0.5, 0.6) is 0 Å². The monoisotopic (exact) mass is 272 g/mol. The van der Waals surface area contributed by atoms with Gasteiger partial charge in [-0.05, 0) is 37.8 Å². The van der Waals surface area contributed by atoms with Gasteiger partial charge in [-0.3, -0.25) is 4.79 Å². The molecule has 0 bridgehead atoms. The van der Waals surface area contributed by atoms with Crippen LogP contribution in [0.25, 0.3) is 0 Å². The van der Waals surface area contributed by atoms with E-state index >= 15 is 0 Å². The van der Waals surface area contributed by atoms with E-state index in [1.165, 1.54) is 5.56 Å². The molecule has 0 radical (unpaired) electrons. The second kappa shape index (κ2) is 5.57. The summed E-state index contributed by atoms with van der Waals surface area (Å²) in [6.45, 7) is 3.12. The van der Waals surface area contributed by atoms with Crippen LogP contribution in [0.15, 0.2) is 30.3 Å². The van der Waals surface area contributed by atoms with E-state index in [0.717, 1.165) is 38.6 Å². The molecular formula is C17H24N2O. The van der Waals surface area contributed by atoms with Crippen molar-refractivity contribution >= 4 is 5.91 Å². The molecule has 0 spiro atoms. The lowest BCUT2D eigenvalue weighted by Gasteiger charge is -2.28. The first-order valence-electron chi connectivity index (χ1n) is 7.86. The minimum absolute atomic E-state index is 0.222. The highest BCUT2D eigenvalue weighted by Crippen LogP contribution is 2.41. The molecular weight excluding hydrogens is 248 g/mol. The van der Waals surface area contributed by atoms with Gasteiger partial charge < -0.3 is 10.6 Å². The first-order valence-corrected chi connectivity index (χ1v) is 7.86. The van der Waals surface area contributed by atoms with Gasteiger partial charge in [0.05, 0.1) is 5.54 Å². The average Bonchev–Trinajstić information content (AvgIpc) is 3.07. The number of hydrogen-bond acceptors (Lipinski definition) is 2. The van der Waals surface area contributed by atoms with Crippen LogP contribution in [0.1, 0.15) is 50.5 Å². The molecule has 1 aromatic carbocycles. The third-order valence-corrected chi connectivity index (χ3v) is 4.69. The normalized spacial score (nSPS) is 32.0. The van der Waals surface area contributed by atoms with Crippen LogP contribution in [0.2, 0.25) is 0 Å². The predicted molar refractivity (Wildman–Crippen MR) is 80.6 cm³/mol. The van der Waals surface area contributed by atoms with Crippen molar-refractivity contribution < 1.29 is 4.79 Å². The Morgan fingerprint density at radius 2 is 2.20 bits per heavy atom. The molecule has 108 valence electrons. The van der Waals surface area contributed by atoms with E-state index in [4.69, 9.17) is 0 Å². The summed E-state index contributed by atoms with van der Waals surface area (Å²) in [5.74, 6) is 0.737. The van der Waals surface area contributed by atoms with Crippen LogP contribution >= 0.6 is 0 Å². The molecule has 2 fully saturated rings. The molecule has 1 aromatic rings. The lowest BCUT2D eigenvalue weighted by atomic mass is 9.91. The van der Waals surface area contributed by atoms with E-state index in [1.807, 2.05) is 6.07 Å². The standard InChI is InChI=1S/C17H24N2O/c1-2-9-17(10-6-11-18-17)16(20)19-15-12-14(15)13-7-4-3-5-8-13/h3-5,7-8,14-15,18H,2,6,9-12H2,1H3,(H,19,20). The third-order valence-electron chi connectivity index (χ3n) is 4.69.